The van der Waals surface area contributed by atoms with Gasteiger partial charge in [0.05, 0.1) is 26.4 Å². The SMILES string of the molecule is C1CO1.COCCCl.COCCCl. The zero-order valence-electron chi connectivity index (χ0n) is 8.22. The van der Waals surface area contributed by atoms with E-state index in [1.807, 2.05) is 0 Å². The van der Waals surface area contributed by atoms with Gasteiger partial charge in [0, 0.05) is 26.0 Å². The van der Waals surface area contributed by atoms with E-state index in [1.54, 1.807) is 14.2 Å². The van der Waals surface area contributed by atoms with E-state index in [1.165, 1.54) is 0 Å². The molecule has 0 unspecified atom stereocenters. The molecule has 0 bridgehead atoms. The van der Waals surface area contributed by atoms with Crippen LogP contribution in [-0.2, 0) is 14.2 Å². The molecule has 0 radical (unpaired) electrons. The van der Waals surface area contributed by atoms with Crippen molar-refractivity contribution < 1.29 is 14.2 Å². The summed E-state index contributed by atoms with van der Waals surface area (Å²) in [6, 6.07) is 0. The molecule has 0 aromatic rings. The highest BCUT2D eigenvalue weighted by Crippen LogP contribution is 1.84. The molecule has 1 aliphatic heterocycles. The van der Waals surface area contributed by atoms with E-state index in [-0.39, 0.29) is 0 Å². The lowest BCUT2D eigenvalue weighted by atomic mass is 10.9. The first-order valence-electron chi connectivity index (χ1n) is 4.01. The molecule has 1 rings (SSSR count). The zero-order valence-corrected chi connectivity index (χ0v) is 9.74. The Balaban J connectivity index is 0. The van der Waals surface area contributed by atoms with E-state index in [0.717, 1.165) is 13.2 Å². The minimum absolute atomic E-state index is 0.594. The van der Waals surface area contributed by atoms with E-state index in [2.05, 4.69) is 14.2 Å². The fraction of sp³-hybridized carbons (Fsp3) is 1.00. The molecule has 0 N–H and O–H groups in total. The molecule has 0 atom stereocenters. The smallest absolute Gasteiger partial charge is 0.0701 e. The van der Waals surface area contributed by atoms with E-state index in [9.17, 15) is 0 Å². The van der Waals surface area contributed by atoms with Gasteiger partial charge in [0.2, 0.25) is 0 Å². The molecule has 0 aliphatic carbocycles. The molecule has 0 amide bonds. The lowest BCUT2D eigenvalue weighted by Crippen LogP contribution is -1.85. The van der Waals surface area contributed by atoms with Gasteiger partial charge < -0.3 is 14.2 Å². The van der Waals surface area contributed by atoms with Crippen LogP contribution >= 0.6 is 23.2 Å². The number of ether oxygens (including phenoxy) is 3. The van der Waals surface area contributed by atoms with E-state index < -0.39 is 0 Å². The second-order valence-electron chi connectivity index (χ2n) is 1.98. The van der Waals surface area contributed by atoms with Crippen LogP contribution in [0.3, 0.4) is 0 Å². The van der Waals surface area contributed by atoms with Gasteiger partial charge >= 0.3 is 0 Å². The van der Waals surface area contributed by atoms with Crippen molar-refractivity contribution in [3.63, 3.8) is 0 Å². The number of rotatable bonds is 4. The molecule has 82 valence electrons. The van der Waals surface area contributed by atoms with Crippen LogP contribution in [-0.4, -0.2) is 52.4 Å². The zero-order chi connectivity index (χ0) is 10.4. The summed E-state index contributed by atoms with van der Waals surface area (Å²) in [6.07, 6.45) is 0. The normalized spacial score (nSPS) is 12.0. The number of methoxy groups -OCH3 is 2. The largest absolute Gasteiger partial charge is 0.383 e. The van der Waals surface area contributed by atoms with Crippen molar-refractivity contribution in [2.24, 2.45) is 0 Å². The Morgan fingerprint density at radius 2 is 1.31 bits per heavy atom. The van der Waals surface area contributed by atoms with Gasteiger partial charge in [0.25, 0.3) is 0 Å². The van der Waals surface area contributed by atoms with Crippen molar-refractivity contribution in [1.29, 1.82) is 0 Å². The van der Waals surface area contributed by atoms with Gasteiger partial charge in [0.15, 0.2) is 0 Å². The van der Waals surface area contributed by atoms with Gasteiger partial charge in [-0.1, -0.05) is 0 Å². The summed E-state index contributed by atoms with van der Waals surface area (Å²) < 4.78 is 13.6. The number of halogens is 2. The molecule has 1 heterocycles. The highest BCUT2D eigenvalue weighted by molar-refractivity contribution is 6.18. The monoisotopic (exact) mass is 232 g/mol. The average Bonchev–Trinajstić information content (AvgIpc) is 2.94. The summed E-state index contributed by atoms with van der Waals surface area (Å²) in [5, 5.41) is 0. The lowest BCUT2D eigenvalue weighted by molar-refractivity contribution is 0.218. The third-order valence-electron chi connectivity index (χ3n) is 0.767. The van der Waals surface area contributed by atoms with Crippen LogP contribution in [0.2, 0.25) is 0 Å². The van der Waals surface area contributed by atoms with Crippen LogP contribution in [0, 0.1) is 0 Å². The summed E-state index contributed by atoms with van der Waals surface area (Å²) >= 11 is 10.4. The Morgan fingerprint density at radius 1 is 1.00 bits per heavy atom. The molecule has 1 fully saturated rings. The molecule has 3 nitrogen and oxygen atoms in total. The molecule has 13 heavy (non-hydrogen) atoms. The maximum atomic E-state index is 5.18. The van der Waals surface area contributed by atoms with Crippen molar-refractivity contribution in [1.82, 2.24) is 0 Å². The molecule has 0 saturated carbocycles. The summed E-state index contributed by atoms with van der Waals surface area (Å²) in [5.41, 5.74) is 0. The number of hydrogen-bond acceptors (Lipinski definition) is 3. The first-order valence-corrected chi connectivity index (χ1v) is 5.07. The fourth-order valence-electron chi connectivity index (χ4n) is 0.154. The molecular weight excluding hydrogens is 215 g/mol. The van der Waals surface area contributed by atoms with Crippen LogP contribution in [0.5, 0.6) is 0 Å². The topological polar surface area (TPSA) is 31.0 Å². The van der Waals surface area contributed by atoms with E-state index >= 15 is 0 Å². The Hall–Kier alpha value is 0.460. The molecule has 0 aromatic carbocycles. The van der Waals surface area contributed by atoms with Crippen LogP contribution in [0.25, 0.3) is 0 Å². The minimum Gasteiger partial charge on any atom is -0.383 e. The Kier molecular flexibility index (Phi) is 22.4. The first kappa shape index (κ1) is 15.9. The molecule has 1 aliphatic rings. The standard InChI is InChI=1S/2C3H7ClO.C2H4O/c2*1-5-3-2-4;1-2-3-1/h2*2-3H2,1H3;1-2H2. The van der Waals surface area contributed by atoms with Gasteiger partial charge in [-0.15, -0.1) is 23.2 Å². The summed E-state index contributed by atoms with van der Waals surface area (Å²) in [4.78, 5) is 0. The maximum Gasteiger partial charge on any atom is 0.0701 e. The third-order valence-corrected chi connectivity index (χ3v) is 1.08. The van der Waals surface area contributed by atoms with Gasteiger partial charge in [-0.25, -0.2) is 0 Å². The van der Waals surface area contributed by atoms with Crippen molar-refractivity contribution in [2.75, 3.05) is 52.4 Å². The van der Waals surface area contributed by atoms with Gasteiger partial charge in [-0.3, -0.25) is 0 Å². The van der Waals surface area contributed by atoms with Crippen LogP contribution in [0.15, 0.2) is 0 Å². The predicted molar refractivity (Wildman–Crippen MR) is 56.0 cm³/mol. The first-order chi connectivity index (χ1) is 6.33. The lowest BCUT2D eigenvalue weighted by Gasteiger charge is -1.82. The van der Waals surface area contributed by atoms with Crippen molar-refractivity contribution in [3.8, 4) is 0 Å². The molecule has 1 saturated heterocycles. The summed E-state index contributed by atoms with van der Waals surface area (Å²) in [7, 11) is 3.25. The summed E-state index contributed by atoms with van der Waals surface area (Å²) in [6.45, 7) is 3.31. The minimum atomic E-state index is 0.594. The van der Waals surface area contributed by atoms with Crippen molar-refractivity contribution in [2.45, 2.75) is 0 Å². The number of alkyl halides is 2. The molecule has 0 spiro atoms. The molecule has 5 heteroatoms. The van der Waals surface area contributed by atoms with Gasteiger partial charge in [0.1, 0.15) is 0 Å². The second kappa shape index (κ2) is 18.3. The Labute approximate surface area is 90.2 Å². The highest BCUT2D eigenvalue weighted by atomic mass is 35.5. The van der Waals surface area contributed by atoms with E-state index in [0.29, 0.717) is 25.0 Å². The quantitative estimate of drug-likeness (QED) is 0.547. The van der Waals surface area contributed by atoms with Crippen LogP contribution < -0.4 is 0 Å². The second-order valence-corrected chi connectivity index (χ2v) is 2.73. The highest BCUT2D eigenvalue weighted by Gasteiger charge is 1.94. The number of hydrogen-bond donors (Lipinski definition) is 0. The van der Waals surface area contributed by atoms with Gasteiger partial charge in [-0.05, 0) is 0 Å². The van der Waals surface area contributed by atoms with Crippen LogP contribution in [0.4, 0.5) is 0 Å². The fourth-order valence-corrected chi connectivity index (χ4v) is 0.463. The third kappa shape index (κ3) is 45.7. The van der Waals surface area contributed by atoms with Crippen molar-refractivity contribution >= 4 is 23.2 Å². The predicted octanol–water partition coefficient (Wildman–Crippen LogP) is 1.76. The Morgan fingerprint density at radius 3 is 1.31 bits per heavy atom. The van der Waals surface area contributed by atoms with Crippen LogP contribution in [0.1, 0.15) is 0 Å². The Bertz CT molecular complexity index is 59.7. The van der Waals surface area contributed by atoms with E-state index in [4.69, 9.17) is 23.2 Å². The van der Waals surface area contributed by atoms with Gasteiger partial charge in [-0.2, -0.15) is 0 Å². The number of epoxide rings is 1. The maximum absolute atomic E-state index is 5.18. The molecular formula is C8H18Cl2O3. The molecule has 0 aromatic heterocycles. The van der Waals surface area contributed by atoms with Crippen molar-refractivity contribution in [3.05, 3.63) is 0 Å². The average molecular weight is 233 g/mol. The summed E-state index contributed by atoms with van der Waals surface area (Å²) in [5.74, 6) is 1.19.